The van der Waals surface area contributed by atoms with E-state index < -0.39 is 0 Å². The summed E-state index contributed by atoms with van der Waals surface area (Å²) in [6.45, 7) is 2.61. The lowest BCUT2D eigenvalue weighted by Gasteiger charge is -2.55. The van der Waals surface area contributed by atoms with Gasteiger partial charge < -0.3 is 10.1 Å². The third-order valence-electron chi connectivity index (χ3n) is 6.43. The third kappa shape index (κ3) is 3.19. The van der Waals surface area contributed by atoms with Crippen LogP contribution in [0.25, 0.3) is 0 Å². The molecule has 0 unspecified atom stereocenters. The van der Waals surface area contributed by atoms with Crippen LogP contribution < -0.4 is 10.1 Å². The Morgan fingerprint density at radius 3 is 2.36 bits per heavy atom. The first kappa shape index (κ1) is 16.6. The zero-order valence-electron chi connectivity index (χ0n) is 14.9. The molecule has 1 N–H and O–H groups in total. The molecule has 0 radical (unpaired) electrons. The molecule has 1 aromatic carbocycles. The van der Waals surface area contributed by atoms with Crippen LogP contribution >= 0.6 is 0 Å². The van der Waals surface area contributed by atoms with Crippen LogP contribution in [0, 0.1) is 23.2 Å². The molecular formula is C21H27NO3. The number of ether oxygens (including phenoxy) is 1. The third-order valence-corrected chi connectivity index (χ3v) is 6.43. The van der Waals surface area contributed by atoms with Gasteiger partial charge in [-0.3, -0.25) is 9.59 Å². The van der Waals surface area contributed by atoms with E-state index >= 15 is 0 Å². The molecule has 5 rings (SSSR count). The number of hydrogen-bond acceptors (Lipinski definition) is 3. The summed E-state index contributed by atoms with van der Waals surface area (Å²) in [6.07, 6.45) is 7.21. The van der Waals surface area contributed by atoms with Crippen molar-refractivity contribution in [2.24, 2.45) is 23.2 Å². The average Bonchev–Trinajstić information content (AvgIpc) is 2.59. The van der Waals surface area contributed by atoms with Crippen LogP contribution in [0.15, 0.2) is 24.3 Å². The Balaban J connectivity index is 1.41. The summed E-state index contributed by atoms with van der Waals surface area (Å²) in [7, 11) is 0. The number of rotatable bonds is 6. The van der Waals surface area contributed by atoms with E-state index in [9.17, 15) is 9.59 Å². The van der Waals surface area contributed by atoms with E-state index in [0.29, 0.717) is 17.9 Å². The van der Waals surface area contributed by atoms with Gasteiger partial charge in [0.1, 0.15) is 12.4 Å². The van der Waals surface area contributed by atoms with Gasteiger partial charge in [-0.05, 0) is 81.4 Å². The lowest BCUT2D eigenvalue weighted by molar-refractivity contribution is -0.145. The molecule has 4 nitrogen and oxygen atoms in total. The number of benzene rings is 1. The maximum absolute atomic E-state index is 13.0. The quantitative estimate of drug-likeness (QED) is 0.860. The molecule has 4 aliphatic rings. The van der Waals surface area contributed by atoms with Crippen molar-refractivity contribution in [3.63, 3.8) is 0 Å². The summed E-state index contributed by atoms with van der Waals surface area (Å²) in [4.78, 5) is 24.9. The summed E-state index contributed by atoms with van der Waals surface area (Å²) >= 11 is 0. The zero-order chi connectivity index (χ0) is 17.4. The van der Waals surface area contributed by atoms with Gasteiger partial charge in [0.15, 0.2) is 5.78 Å². The molecule has 4 bridgehead atoms. The number of amides is 1. The van der Waals surface area contributed by atoms with E-state index in [0.717, 1.165) is 37.0 Å². The Kier molecular flexibility index (Phi) is 4.30. The lowest BCUT2D eigenvalue weighted by atomic mass is 9.48. The molecule has 4 heteroatoms. The fourth-order valence-corrected chi connectivity index (χ4v) is 5.74. The second kappa shape index (κ2) is 6.47. The average molecular weight is 341 g/mol. The highest BCUT2D eigenvalue weighted by Gasteiger charge is 2.54. The number of Topliss-reactive ketones (excluding diaryl/α,β-unsaturated/α-hetero) is 1. The van der Waals surface area contributed by atoms with Gasteiger partial charge in [-0.25, -0.2) is 0 Å². The smallest absolute Gasteiger partial charge is 0.251 e. The highest BCUT2D eigenvalue weighted by atomic mass is 16.5. The van der Waals surface area contributed by atoms with E-state index in [1.807, 2.05) is 13.0 Å². The molecule has 25 heavy (non-hydrogen) atoms. The first-order valence-corrected chi connectivity index (χ1v) is 9.62. The van der Waals surface area contributed by atoms with Crippen molar-refractivity contribution >= 4 is 11.7 Å². The monoisotopic (exact) mass is 341 g/mol. The van der Waals surface area contributed by atoms with Crippen molar-refractivity contribution in [1.29, 1.82) is 0 Å². The molecule has 1 amide bonds. The van der Waals surface area contributed by atoms with Crippen LogP contribution in [-0.4, -0.2) is 24.8 Å². The van der Waals surface area contributed by atoms with E-state index in [-0.39, 0.29) is 23.7 Å². The van der Waals surface area contributed by atoms with E-state index in [2.05, 4.69) is 5.32 Å². The fraction of sp³-hybridized carbons (Fsp3) is 0.619. The van der Waals surface area contributed by atoms with Crippen LogP contribution in [0.4, 0.5) is 0 Å². The predicted molar refractivity (Wildman–Crippen MR) is 95.6 cm³/mol. The molecule has 4 saturated carbocycles. The second-order valence-corrected chi connectivity index (χ2v) is 8.30. The van der Waals surface area contributed by atoms with Gasteiger partial charge in [0.2, 0.25) is 0 Å². The maximum atomic E-state index is 13.0. The van der Waals surface area contributed by atoms with E-state index in [1.165, 1.54) is 19.3 Å². The molecule has 0 atom stereocenters. The molecule has 4 fully saturated rings. The van der Waals surface area contributed by atoms with E-state index in [4.69, 9.17) is 4.74 Å². The first-order chi connectivity index (χ1) is 12.1. The second-order valence-electron chi connectivity index (χ2n) is 8.30. The van der Waals surface area contributed by atoms with Crippen molar-refractivity contribution < 1.29 is 14.3 Å². The highest BCUT2D eigenvalue weighted by Crippen LogP contribution is 2.60. The molecule has 134 valence electrons. The molecule has 0 aliphatic heterocycles. The molecule has 1 aromatic rings. The van der Waals surface area contributed by atoms with Gasteiger partial charge in [0.25, 0.3) is 5.91 Å². The summed E-state index contributed by atoms with van der Waals surface area (Å²) in [5, 5.41) is 2.78. The van der Waals surface area contributed by atoms with Crippen LogP contribution in [0.1, 0.15) is 55.8 Å². The Morgan fingerprint density at radius 2 is 1.76 bits per heavy atom. The molecular weight excluding hydrogens is 314 g/mol. The molecule has 0 saturated heterocycles. The van der Waals surface area contributed by atoms with Crippen molar-refractivity contribution in [3.05, 3.63) is 29.8 Å². The standard InChI is InChI=1S/C21H27NO3/c1-2-22-20(24)17-4-3-5-18(9-17)25-13-19(23)21-10-14-6-15(11-21)8-16(7-14)12-21/h3-5,9,14-16H,2,6-8,10-13H2,1H3,(H,22,24). The van der Waals surface area contributed by atoms with Crippen LogP contribution in [-0.2, 0) is 4.79 Å². The van der Waals surface area contributed by atoms with Gasteiger partial charge in [-0.15, -0.1) is 0 Å². The topological polar surface area (TPSA) is 55.4 Å². The Bertz CT molecular complexity index is 646. The van der Waals surface area contributed by atoms with E-state index in [1.54, 1.807) is 18.2 Å². The number of nitrogens with one attached hydrogen (secondary N) is 1. The molecule has 0 spiro atoms. The number of hydrogen-bond donors (Lipinski definition) is 1. The van der Waals surface area contributed by atoms with Gasteiger partial charge in [0.05, 0.1) is 0 Å². The lowest BCUT2D eigenvalue weighted by Crippen LogP contribution is -2.51. The van der Waals surface area contributed by atoms with Crippen LogP contribution in [0.3, 0.4) is 0 Å². The van der Waals surface area contributed by atoms with Gasteiger partial charge >= 0.3 is 0 Å². The minimum atomic E-state index is -0.119. The normalized spacial score (nSPS) is 32.4. The SMILES string of the molecule is CCNC(=O)c1cccc(OCC(=O)C23CC4CC(CC(C4)C2)C3)c1. The fourth-order valence-electron chi connectivity index (χ4n) is 5.74. The molecule has 4 aliphatic carbocycles. The summed E-state index contributed by atoms with van der Waals surface area (Å²) in [6, 6.07) is 7.10. The van der Waals surface area contributed by atoms with Crippen LogP contribution in [0.2, 0.25) is 0 Å². The Morgan fingerprint density at radius 1 is 1.12 bits per heavy atom. The minimum absolute atomic E-state index is 0.111. The van der Waals surface area contributed by atoms with Crippen molar-refractivity contribution in [1.82, 2.24) is 5.32 Å². The van der Waals surface area contributed by atoms with Gasteiger partial charge in [-0.1, -0.05) is 6.07 Å². The largest absolute Gasteiger partial charge is 0.486 e. The molecule has 0 heterocycles. The van der Waals surface area contributed by atoms with Gasteiger partial charge in [0, 0.05) is 17.5 Å². The first-order valence-electron chi connectivity index (χ1n) is 9.62. The minimum Gasteiger partial charge on any atom is -0.486 e. The summed E-state index contributed by atoms with van der Waals surface area (Å²) < 4.78 is 5.80. The van der Waals surface area contributed by atoms with Crippen molar-refractivity contribution in [2.45, 2.75) is 45.4 Å². The summed E-state index contributed by atoms with van der Waals surface area (Å²) in [5.74, 6) is 3.04. The number of carbonyl (C=O) groups is 2. The van der Waals surface area contributed by atoms with Gasteiger partial charge in [-0.2, -0.15) is 0 Å². The summed E-state index contributed by atoms with van der Waals surface area (Å²) in [5.41, 5.74) is 0.452. The van der Waals surface area contributed by atoms with Crippen molar-refractivity contribution in [3.8, 4) is 5.75 Å². The van der Waals surface area contributed by atoms with Crippen molar-refractivity contribution in [2.75, 3.05) is 13.2 Å². The Labute approximate surface area is 149 Å². The predicted octanol–water partition coefficient (Wildman–Crippen LogP) is 3.60. The van der Waals surface area contributed by atoms with Crippen LogP contribution in [0.5, 0.6) is 5.75 Å². The molecule has 0 aromatic heterocycles. The number of carbonyl (C=O) groups excluding carboxylic acids is 2. The number of ketones is 1. The highest BCUT2D eigenvalue weighted by molar-refractivity contribution is 5.94. The zero-order valence-corrected chi connectivity index (χ0v) is 14.9. The Hall–Kier alpha value is -1.84. The maximum Gasteiger partial charge on any atom is 0.251 e.